The molecular formula is C22H25NO3. The molecule has 1 saturated heterocycles. The summed E-state index contributed by atoms with van der Waals surface area (Å²) in [5.74, 6) is 0.776. The van der Waals surface area contributed by atoms with Gasteiger partial charge in [-0.2, -0.15) is 0 Å². The molecule has 136 valence electrons. The lowest BCUT2D eigenvalue weighted by molar-refractivity contribution is -0.150. The summed E-state index contributed by atoms with van der Waals surface area (Å²) in [6, 6.07) is 13.7. The molecule has 1 aliphatic carbocycles. The van der Waals surface area contributed by atoms with Crippen LogP contribution in [-0.4, -0.2) is 28.5 Å². The van der Waals surface area contributed by atoms with Crippen molar-refractivity contribution in [3.63, 3.8) is 0 Å². The highest BCUT2D eigenvalue weighted by atomic mass is 16.3. The van der Waals surface area contributed by atoms with E-state index >= 15 is 0 Å². The molecule has 2 aromatic rings. The normalized spacial score (nSPS) is 28.9. The van der Waals surface area contributed by atoms with Gasteiger partial charge in [0.25, 0.3) is 0 Å². The lowest BCUT2D eigenvalue weighted by atomic mass is 9.66. The summed E-state index contributed by atoms with van der Waals surface area (Å²) in [6.45, 7) is 0.577. The molecule has 26 heavy (non-hydrogen) atoms. The molecule has 2 fully saturated rings. The van der Waals surface area contributed by atoms with Gasteiger partial charge in [0.1, 0.15) is 5.76 Å². The van der Waals surface area contributed by atoms with Gasteiger partial charge < -0.3 is 14.4 Å². The summed E-state index contributed by atoms with van der Waals surface area (Å²) in [5, 5.41) is 11.5. The Morgan fingerprint density at radius 1 is 1.15 bits per heavy atom. The first-order valence-electron chi connectivity index (χ1n) is 9.48. The summed E-state index contributed by atoms with van der Waals surface area (Å²) < 4.78 is 5.27. The van der Waals surface area contributed by atoms with Gasteiger partial charge in [0.15, 0.2) is 0 Å². The van der Waals surface area contributed by atoms with Crippen molar-refractivity contribution >= 4 is 12.0 Å². The maximum Gasteiger partial charge on any atom is 0.246 e. The van der Waals surface area contributed by atoms with Gasteiger partial charge in [-0.1, -0.05) is 43.2 Å². The van der Waals surface area contributed by atoms with E-state index in [4.69, 9.17) is 4.42 Å². The number of aliphatic hydroxyl groups is 1. The van der Waals surface area contributed by atoms with E-state index in [1.807, 2.05) is 47.4 Å². The van der Waals surface area contributed by atoms with Gasteiger partial charge in [-0.05, 0) is 43.0 Å². The van der Waals surface area contributed by atoms with Gasteiger partial charge in [0.05, 0.1) is 11.9 Å². The van der Waals surface area contributed by atoms with Crippen LogP contribution in [0.4, 0.5) is 0 Å². The Morgan fingerprint density at radius 2 is 1.96 bits per heavy atom. The number of carbonyl (C=O) groups excluding carboxylic acids is 1. The molecule has 1 aromatic carbocycles. The molecule has 0 bridgehead atoms. The van der Waals surface area contributed by atoms with Gasteiger partial charge in [0.2, 0.25) is 5.91 Å². The molecule has 1 aromatic heterocycles. The largest absolute Gasteiger partial charge is 0.465 e. The molecule has 1 amide bonds. The number of furan rings is 1. The molecule has 2 aliphatic rings. The van der Waals surface area contributed by atoms with E-state index in [0.29, 0.717) is 18.7 Å². The number of piperidine rings is 1. The van der Waals surface area contributed by atoms with E-state index in [-0.39, 0.29) is 17.9 Å². The van der Waals surface area contributed by atoms with Crippen LogP contribution in [0.15, 0.2) is 59.2 Å². The molecule has 3 atom stereocenters. The predicted molar refractivity (Wildman–Crippen MR) is 100 cm³/mol. The first-order valence-corrected chi connectivity index (χ1v) is 9.48. The SMILES string of the molecule is O=C(C=Cc1ccco1)N1CC[C@@](O)(c2ccccc2)[C@@H]2CCCC[C@@H]21. The lowest BCUT2D eigenvalue weighted by Gasteiger charge is -2.52. The molecule has 1 N–H and O–H groups in total. The van der Waals surface area contributed by atoms with Gasteiger partial charge in [0, 0.05) is 24.6 Å². The van der Waals surface area contributed by atoms with Crippen LogP contribution >= 0.6 is 0 Å². The fourth-order valence-corrected chi connectivity index (χ4v) is 4.68. The van der Waals surface area contributed by atoms with Crippen molar-refractivity contribution < 1.29 is 14.3 Å². The Bertz CT molecular complexity index is 768. The van der Waals surface area contributed by atoms with Gasteiger partial charge in [-0.3, -0.25) is 4.79 Å². The third kappa shape index (κ3) is 3.10. The fourth-order valence-electron chi connectivity index (χ4n) is 4.68. The molecule has 4 heteroatoms. The molecule has 1 saturated carbocycles. The van der Waals surface area contributed by atoms with Crippen LogP contribution in [0.1, 0.15) is 43.4 Å². The fraction of sp³-hybridized carbons (Fsp3) is 0.409. The van der Waals surface area contributed by atoms with Crippen LogP contribution in [0.2, 0.25) is 0 Å². The second-order valence-corrected chi connectivity index (χ2v) is 7.38. The van der Waals surface area contributed by atoms with Crippen molar-refractivity contribution in [2.45, 2.75) is 43.7 Å². The van der Waals surface area contributed by atoms with Crippen molar-refractivity contribution in [2.75, 3.05) is 6.54 Å². The Labute approximate surface area is 154 Å². The number of hydrogen-bond acceptors (Lipinski definition) is 3. The van der Waals surface area contributed by atoms with Crippen LogP contribution in [-0.2, 0) is 10.4 Å². The molecule has 0 spiro atoms. The van der Waals surface area contributed by atoms with E-state index < -0.39 is 5.60 Å². The number of fused-ring (bicyclic) bond motifs is 1. The lowest BCUT2D eigenvalue weighted by Crippen LogP contribution is -2.58. The summed E-state index contributed by atoms with van der Waals surface area (Å²) >= 11 is 0. The molecular weight excluding hydrogens is 326 g/mol. The Morgan fingerprint density at radius 3 is 2.73 bits per heavy atom. The topological polar surface area (TPSA) is 53.7 Å². The third-order valence-corrected chi connectivity index (χ3v) is 5.97. The Balaban J connectivity index is 1.57. The monoisotopic (exact) mass is 351 g/mol. The average Bonchev–Trinajstić information content (AvgIpc) is 3.21. The van der Waals surface area contributed by atoms with E-state index in [1.165, 1.54) is 0 Å². The minimum atomic E-state index is -0.839. The van der Waals surface area contributed by atoms with Crippen molar-refractivity contribution in [2.24, 2.45) is 5.92 Å². The number of rotatable bonds is 3. The second-order valence-electron chi connectivity index (χ2n) is 7.38. The maximum atomic E-state index is 12.8. The molecule has 0 unspecified atom stereocenters. The summed E-state index contributed by atoms with van der Waals surface area (Å²) in [6.07, 6.45) is 9.64. The zero-order valence-electron chi connectivity index (χ0n) is 14.9. The van der Waals surface area contributed by atoms with Crippen LogP contribution in [0.5, 0.6) is 0 Å². The molecule has 0 radical (unpaired) electrons. The Hall–Kier alpha value is -2.33. The van der Waals surface area contributed by atoms with Crippen LogP contribution < -0.4 is 0 Å². The van der Waals surface area contributed by atoms with Crippen molar-refractivity contribution in [1.29, 1.82) is 0 Å². The summed E-state index contributed by atoms with van der Waals surface area (Å²) in [5.41, 5.74) is 0.142. The third-order valence-electron chi connectivity index (χ3n) is 5.97. The first-order chi connectivity index (χ1) is 12.7. The van der Waals surface area contributed by atoms with Gasteiger partial charge >= 0.3 is 0 Å². The minimum absolute atomic E-state index is 0.00779. The highest BCUT2D eigenvalue weighted by molar-refractivity contribution is 5.91. The zero-order chi connectivity index (χ0) is 18.0. The number of carbonyl (C=O) groups is 1. The number of likely N-dealkylation sites (tertiary alicyclic amines) is 1. The summed E-state index contributed by atoms with van der Waals surface area (Å²) in [4.78, 5) is 14.8. The number of benzene rings is 1. The molecule has 4 nitrogen and oxygen atoms in total. The molecule has 4 rings (SSSR count). The zero-order valence-corrected chi connectivity index (χ0v) is 14.9. The highest BCUT2D eigenvalue weighted by Crippen LogP contribution is 2.46. The number of hydrogen-bond donors (Lipinski definition) is 1. The Kier molecular flexibility index (Phi) is 4.68. The second kappa shape index (κ2) is 7.12. The smallest absolute Gasteiger partial charge is 0.246 e. The predicted octanol–water partition coefficient (Wildman–Crippen LogP) is 3.97. The van der Waals surface area contributed by atoms with E-state index in [1.54, 1.807) is 18.4 Å². The highest BCUT2D eigenvalue weighted by Gasteiger charge is 2.49. The standard InChI is InChI=1S/C22H25NO3/c24-21(13-12-18-9-6-16-26-18)23-15-14-22(25,17-7-2-1-3-8-17)19-10-4-5-11-20(19)23/h1-3,6-9,12-13,16,19-20,25H,4-5,10-11,14-15H2/t19-,20+,22-/m1/s1. The maximum absolute atomic E-state index is 12.8. The van der Waals surface area contributed by atoms with E-state index in [9.17, 15) is 9.90 Å². The number of amides is 1. The van der Waals surface area contributed by atoms with Crippen LogP contribution in [0.25, 0.3) is 6.08 Å². The van der Waals surface area contributed by atoms with Crippen molar-refractivity contribution in [3.8, 4) is 0 Å². The van der Waals surface area contributed by atoms with Crippen molar-refractivity contribution in [3.05, 3.63) is 66.1 Å². The average molecular weight is 351 g/mol. The van der Waals surface area contributed by atoms with E-state index in [0.717, 1.165) is 31.2 Å². The summed E-state index contributed by atoms with van der Waals surface area (Å²) in [7, 11) is 0. The molecule has 1 aliphatic heterocycles. The molecule has 2 heterocycles. The van der Waals surface area contributed by atoms with Crippen LogP contribution in [0.3, 0.4) is 0 Å². The number of nitrogens with zero attached hydrogens (tertiary/aromatic N) is 1. The van der Waals surface area contributed by atoms with Crippen molar-refractivity contribution in [1.82, 2.24) is 4.90 Å². The van der Waals surface area contributed by atoms with Crippen LogP contribution in [0, 0.1) is 5.92 Å². The minimum Gasteiger partial charge on any atom is -0.465 e. The first kappa shape index (κ1) is 17.1. The van der Waals surface area contributed by atoms with Gasteiger partial charge in [-0.15, -0.1) is 0 Å². The van der Waals surface area contributed by atoms with Gasteiger partial charge in [-0.25, -0.2) is 0 Å². The quantitative estimate of drug-likeness (QED) is 0.851. The van der Waals surface area contributed by atoms with E-state index in [2.05, 4.69) is 0 Å².